The molecule has 7 heteroatoms. The summed E-state index contributed by atoms with van der Waals surface area (Å²) >= 11 is 4.75. The summed E-state index contributed by atoms with van der Waals surface area (Å²) in [5.74, 6) is 6.10. The van der Waals surface area contributed by atoms with E-state index in [1.807, 2.05) is 0 Å². The van der Waals surface area contributed by atoms with Crippen molar-refractivity contribution in [3.8, 4) is 0 Å². The standard InChI is InChI=1S/C5H11N5OS/c1-11-3-2-10(6)4-7-5(12)9-8-4/h2-3,6H2,1H3,(H2,7,8,9,12). The van der Waals surface area contributed by atoms with Crippen molar-refractivity contribution in [1.29, 1.82) is 0 Å². The highest BCUT2D eigenvalue weighted by atomic mass is 32.1. The molecule has 0 spiro atoms. The van der Waals surface area contributed by atoms with Crippen LogP contribution in [0.2, 0.25) is 0 Å². The fraction of sp³-hybridized carbons (Fsp3) is 0.600. The first-order valence-electron chi connectivity index (χ1n) is 3.40. The van der Waals surface area contributed by atoms with E-state index in [1.54, 1.807) is 7.11 Å². The highest BCUT2D eigenvalue weighted by molar-refractivity contribution is 7.71. The van der Waals surface area contributed by atoms with Gasteiger partial charge in [-0.25, -0.2) is 5.84 Å². The quantitative estimate of drug-likeness (QED) is 0.347. The first-order chi connectivity index (χ1) is 5.74. The van der Waals surface area contributed by atoms with E-state index < -0.39 is 0 Å². The summed E-state index contributed by atoms with van der Waals surface area (Å²) in [6.07, 6.45) is 0. The number of nitrogens with two attached hydrogens (primary N) is 1. The first kappa shape index (κ1) is 9.17. The van der Waals surface area contributed by atoms with E-state index in [9.17, 15) is 0 Å². The lowest BCUT2D eigenvalue weighted by Crippen LogP contribution is -2.34. The largest absolute Gasteiger partial charge is 0.383 e. The summed E-state index contributed by atoms with van der Waals surface area (Å²) in [6, 6.07) is 0. The van der Waals surface area contributed by atoms with E-state index in [0.717, 1.165) is 0 Å². The number of hydrazine groups is 1. The molecule has 0 amide bonds. The summed E-state index contributed by atoms with van der Waals surface area (Å²) in [6.45, 7) is 1.11. The van der Waals surface area contributed by atoms with Gasteiger partial charge in [0.15, 0.2) is 0 Å². The molecule has 0 atom stereocenters. The van der Waals surface area contributed by atoms with E-state index in [4.69, 9.17) is 22.8 Å². The van der Waals surface area contributed by atoms with E-state index in [1.165, 1.54) is 5.01 Å². The lowest BCUT2D eigenvalue weighted by atomic mass is 10.6. The second-order valence-corrected chi connectivity index (χ2v) is 2.56. The molecule has 1 heterocycles. The van der Waals surface area contributed by atoms with Gasteiger partial charge < -0.3 is 4.74 Å². The Morgan fingerprint density at radius 1 is 1.67 bits per heavy atom. The van der Waals surface area contributed by atoms with Crippen molar-refractivity contribution >= 4 is 18.2 Å². The van der Waals surface area contributed by atoms with Gasteiger partial charge in [0.25, 0.3) is 0 Å². The van der Waals surface area contributed by atoms with Gasteiger partial charge in [-0.1, -0.05) is 0 Å². The lowest BCUT2D eigenvalue weighted by molar-refractivity contribution is 0.205. The van der Waals surface area contributed by atoms with Crippen molar-refractivity contribution in [2.75, 3.05) is 25.3 Å². The SMILES string of the molecule is COCCN(N)c1nc(=S)[nH][nH]1. The van der Waals surface area contributed by atoms with Crippen LogP contribution in [0.3, 0.4) is 0 Å². The number of aromatic amines is 2. The molecule has 1 rings (SSSR count). The molecule has 0 aliphatic carbocycles. The minimum atomic E-state index is 0.387. The zero-order valence-electron chi connectivity index (χ0n) is 6.70. The van der Waals surface area contributed by atoms with Gasteiger partial charge in [-0.15, -0.1) is 0 Å². The Bertz CT molecular complexity index is 281. The van der Waals surface area contributed by atoms with Gasteiger partial charge in [0.2, 0.25) is 10.7 Å². The number of aromatic nitrogens is 3. The Morgan fingerprint density at radius 2 is 2.42 bits per heavy atom. The molecule has 4 N–H and O–H groups in total. The Hall–Kier alpha value is -0.920. The van der Waals surface area contributed by atoms with Crippen molar-refractivity contribution in [2.24, 2.45) is 5.84 Å². The zero-order chi connectivity index (χ0) is 8.97. The maximum absolute atomic E-state index is 5.59. The normalized spacial score (nSPS) is 10.2. The molecular weight excluding hydrogens is 178 g/mol. The summed E-state index contributed by atoms with van der Waals surface area (Å²) < 4.78 is 5.23. The maximum Gasteiger partial charge on any atom is 0.235 e. The average molecular weight is 189 g/mol. The number of hydrogen-bond donors (Lipinski definition) is 3. The van der Waals surface area contributed by atoms with Gasteiger partial charge >= 0.3 is 0 Å². The molecule has 0 saturated heterocycles. The minimum absolute atomic E-state index is 0.387. The van der Waals surface area contributed by atoms with Crippen molar-refractivity contribution in [3.63, 3.8) is 0 Å². The smallest absolute Gasteiger partial charge is 0.235 e. The summed E-state index contributed by atoms with van der Waals surface area (Å²) in [7, 11) is 1.61. The highest BCUT2D eigenvalue weighted by Gasteiger charge is 2.02. The number of nitrogens with zero attached hydrogens (tertiary/aromatic N) is 2. The number of H-pyrrole nitrogens is 2. The van der Waals surface area contributed by atoms with Crippen LogP contribution >= 0.6 is 12.2 Å². The fourth-order valence-corrected chi connectivity index (χ4v) is 0.831. The molecule has 6 nitrogen and oxygen atoms in total. The maximum atomic E-state index is 5.59. The first-order valence-corrected chi connectivity index (χ1v) is 3.80. The topological polar surface area (TPSA) is 83.0 Å². The van der Waals surface area contributed by atoms with Crippen molar-refractivity contribution in [3.05, 3.63) is 4.77 Å². The Kier molecular flexibility index (Phi) is 3.20. The average Bonchev–Trinajstić information content (AvgIpc) is 2.47. The van der Waals surface area contributed by atoms with Crippen LogP contribution in [-0.4, -0.2) is 35.4 Å². The van der Waals surface area contributed by atoms with E-state index >= 15 is 0 Å². The predicted octanol–water partition coefficient (Wildman–Crippen LogP) is -0.206. The molecule has 0 unspecified atom stereocenters. The molecule has 0 bridgehead atoms. The van der Waals surface area contributed by atoms with Crippen LogP contribution in [0, 0.1) is 4.77 Å². The summed E-state index contributed by atoms with van der Waals surface area (Å²) in [5.41, 5.74) is 0. The molecule has 0 aromatic carbocycles. The van der Waals surface area contributed by atoms with Gasteiger partial charge in [0.05, 0.1) is 13.2 Å². The molecule has 0 saturated carbocycles. The van der Waals surface area contributed by atoms with Crippen LogP contribution in [0.4, 0.5) is 5.95 Å². The molecule has 0 aliphatic rings. The molecule has 1 aromatic rings. The van der Waals surface area contributed by atoms with Crippen LogP contribution < -0.4 is 10.9 Å². The molecule has 1 aromatic heterocycles. The number of methoxy groups -OCH3 is 1. The Balaban J connectivity index is 2.53. The van der Waals surface area contributed by atoms with Gasteiger partial charge in [-0.3, -0.25) is 15.2 Å². The highest BCUT2D eigenvalue weighted by Crippen LogP contribution is 1.98. The second kappa shape index (κ2) is 4.19. The molecule has 68 valence electrons. The molecule has 0 aliphatic heterocycles. The van der Waals surface area contributed by atoms with E-state index in [0.29, 0.717) is 23.9 Å². The van der Waals surface area contributed by atoms with Crippen molar-refractivity contribution in [1.82, 2.24) is 15.2 Å². The van der Waals surface area contributed by atoms with Crippen LogP contribution in [-0.2, 0) is 4.74 Å². The zero-order valence-corrected chi connectivity index (χ0v) is 7.52. The number of rotatable bonds is 4. The Labute approximate surface area is 74.7 Å². The molecule has 0 radical (unpaired) electrons. The van der Waals surface area contributed by atoms with Gasteiger partial charge in [-0.2, -0.15) is 4.98 Å². The van der Waals surface area contributed by atoms with Crippen LogP contribution in [0.25, 0.3) is 0 Å². The fourth-order valence-electron chi connectivity index (χ4n) is 0.693. The van der Waals surface area contributed by atoms with Gasteiger partial charge in [-0.05, 0) is 12.2 Å². The molecular formula is C5H11N5OS. The Morgan fingerprint density at radius 3 is 2.92 bits per heavy atom. The van der Waals surface area contributed by atoms with Crippen molar-refractivity contribution < 1.29 is 4.74 Å². The van der Waals surface area contributed by atoms with Gasteiger partial charge in [0, 0.05) is 7.11 Å². The number of nitrogens with one attached hydrogen (secondary N) is 2. The van der Waals surface area contributed by atoms with Crippen LogP contribution in [0.15, 0.2) is 0 Å². The van der Waals surface area contributed by atoms with Crippen molar-refractivity contribution in [2.45, 2.75) is 0 Å². The van der Waals surface area contributed by atoms with E-state index in [-0.39, 0.29) is 0 Å². The van der Waals surface area contributed by atoms with Gasteiger partial charge in [0.1, 0.15) is 0 Å². The van der Waals surface area contributed by atoms with Crippen LogP contribution in [0.5, 0.6) is 0 Å². The summed E-state index contributed by atoms with van der Waals surface area (Å²) in [5, 5.41) is 6.79. The molecule has 0 fully saturated rings. The monoisotopic (exact) mass is 189 g/mol. The minimum Gasteiger partial charge on any atom is -0.383 e. The lowest BCUT2D eigenvalue weighted by Gasteiger charge is -2.13. The number of ether oxygens (including phenoxy) is 1. The summed E-state index contributed by atoms with van der Waals surface area (Å²) in [4.78, 5) is 3.91. The van der Waals surface area contributed by atoms with Crippen LogP contribution in [0.1, 0.15) is 0 Å². The predicted molar refractivity (Wildman–Crippen MR) is 47.2 cm³/mol. The third-order valence-electron chi connectivity index (χ3n) is 1.30. The molecule has 12 heavy (non-hydrogen) atoms. The third kappa shape index (κ3) is 2.29. The second-order valence-electron chi connectivity index (χ2n) is 2.18. The van der Waals surface area contributed by atoms with E-state index in [2.05, 4.69) is 15.2 Å². The number of anilines is 1. The third-order valence-corrected chi connectivity index (χ3v) is 1.49. The number of hydrogen-bond acceptors (Lipinski definition) is 5.